The quantitative estimate of drug-likeness (QED) is 0.593. The predicted molar refractivity (Wildman–Crippen MR) is 107 cm³/mol. The van der Waals surface area contributed by atoms with Crippen molar-refractivity contribution in [3.63, 3.8) is 0 Å². The van der Waals surface area contributed by atoms with E-state index in [1.807, 2.05) is 6.20 Å². The summed E-state index contributed by atoms with van der Waals surface area (Å²) >= 11 is 0. The Kier molecular flexibility index (Phi) is 4.81. The van der Waals surface area contributed by atoms with Gasteiger partial charge in [0.15, 0.2) is 5.65 Å². The van der Waals surface area contributed by atoms with Crippen LogP contribution in [-0.2, 0) is 0 Å². The SMILES string of the molecule is OC1CNCCC1COc1cc(Nc2cccc(F)c2)n2ncc(C3CC3)c2n1. The highest BCUT2D eigenvalue weighted by atomic mass is 19.1. The van der Waals surface area contributed by atoms with Crippen LogP contribution in [0.3, 0.4) is 0 Å². The van der Waals surface area contributed by atoms with Crippen LogP contribution >= 0.6 is 0 Å². The van der Waals surface area contributed by atoms with E-state index in [0.29, 0.717) is 36.5 Å². The summed E-state index contributed by atoms with van der Waals surface area (Å²) in [4.78, 5) is 4.69. The Morgan fingerprint density at radius 3 is 2.97 bits per heavy atom. The minimum absolute atomic E-state index is 0.0710. The molecule has 3 aromatic rings. The number of piperidine rings is 1. The van der Waals surface area contributed by atoms with Gasteiger partial charge in [0.2, 0.25) is 5.88 Å². The van der Waals surface area contributed by atoms with E-state index in [9.17, 15) is 9.50 Å². The highest BCUT2D eigenvalue weighted by Crippen LogP contribution is 2.42. The fraction of sp³-hybridized carbons (Fsp3) is 0.429. The molecule has 1 saturated carbocycles. The number of hydrogen-bond acceptors (Lipinski definition) is 6. The van der Waals surface area contributed by atoms with Crippen molar-refractivity contribution in [2.45, 2.75) is 31.3 Å². The summed E-state index contributed by atoms with van der Waals surface area (Å²) in [5.41, 5.74) is 2.50. The van der Waals surface area contributed by atoms with Crippen molar-refractivity contribution in [2.24, 2.45) is 5.92 Å². The molecule has 1 aromatic carbocycles. The topological polar surface area (TPSA) is 83.7 Å². The molecule has 0 spiro atoms. The van der Waals surface area contributed by atoms with Crippen molar-refractivity contribution in [3.8, 4) is 5.88 Å². The Morgan fingerprint density at radius 2 is 2.17 bits per heavy atom. The van der Waals surface area contributed by atoms with Crippen LogP contribution in [0, 0.1) is 11.7 Å². The number of rotatable bonds is 6. The van der Waals surface area contributed by atoms with E-state index >= 15 is 0 Å². The molecule has 0 amide bonds. The zero-order chi connectivity index (χ0) is 19.8. The van der Waals surface area contributed by atoms with E-state index in [1.165, 1.54) is 12.1 Å². The van der Waals surface area contributed by atoms with E-state index in [4.69, 9.17) is 9.72 Å². The first kappa shape index (κ1) is 18.3. The molecule has 2 atom stereocenters. The molecule has 2 unspecified atom stereocenters. The Morgan fingerprint density at radius 1 is 1.28 bits per heavy atom. The lowest BCUT2D eigenvalue weighted by atomic mass is 9.96. The van der Waals surface area contributed by atoms with Gasteiger partial charge in [0, 0.05) is 29.8 Å². The Hall–Kier alpha value is -2.71. The van der Waals surface area contributed by atoms with Crippen molar-refractivity contribution in [1.29, 1.82) is 0 Å². The predicted octanol–water partition coefficient (Wildman–Crippen LogP) is 2.84. The van der Waals surface area contributed by atoms with Crippen molar-refractivity contribution in [2.75, 3.05) is 25.0 Å². The number of β-amino-alcohol motifs (C(OH)–C–C–N with tert-alkyl or cyclic N) is 1. The van der Waals surface area contributed by atoms with Crippen LogP contribution in [0.25, 0.3) is 5.65 Å². The molecule has 1 saturated heterocycles. The molecule has 7 nitrogen and oxygen atoms in total. The van der Waals surface area contributed by atoms with Gasteiger partial charge in [-0.2, -0.15) is 14.6 Å². The summed E-state index contributed by atoms with van der Waals surface area (Å²) in [7, 11) is 0. The van der Waals surface area contributed by atoms with E-state index in [-0.39, 0.29) is 11.7 Å². The fourth-order valence-corrected chi connectivity index (χ4v) is 3.80. The monoisotopic (exact) mass is 397 g/mol. The van der Waals surface area contributed by atoms with Crippen LogP contribution < -0.4 is 15.4 Å². The van der Waals surface area contributed by atoms with Gasteiger partial charge in [-0.25, -0.2) is 4.39 Å². The van der Waals surface area contributed by atoms with Crippen LogP contribution in [-0.4, -0.2) is 45.5 Å². The van der Waals surface area contributed by atoms with Gasteiger partial charge in [-0.3, -0.25) is 0 Å². The zero-order valence-electron chi connectivity index (χ0n) is 16.0. The van der Waals surface area contributed by atoms with Gasteiger partial charge >= 0.3 is 0 Å². The van der Waals surface area contributed by atoms with Crippen LogP contribution in [0.1, 0.15) is 30.7 Å². The summed E-state index contributed by atoms with van der Waals surface area (Å²) in [6, 6.07) is 8.07. The molecular weight excluding hydrogens is 373 g/mol. The number of halogens is 1. The maximum absolute atomic E-state index is 13.6. The molecule has 2 aromatic heterocycles. The number of fused-ring (bicyclic) bond motifs is 1. The lowest BCUT2D eigenvalue weighted by molar-refractivity contribution is 0.0515. The minimum Gasteiger partial charge on any atom is -0.477 e. The zero-order valence-corrected chi connectivity index (χ0v) is 16.0. The third-order valence-corrected chi connectivity index (χ3v) is 5.62. The summed E-state index contributed by atoms with van der Waals surface area (Å²) in [6.07, 6.45) is 4.58. The van der Waals surface area contributed by atoms with Crippen molar-refractivity contribution in [3.05, 3.63) is 47.9 Å². The Bertz CT molecular complexity index is 1020. The molecule has 2 fully saturated rings. The van der Waals surface area contributed by atoms with Crippen LogP contribution in [0.15, 0.2) is 36.5 Å². The number of nitrogens with one attached hydrogen (secondary N) is 2. The molecule has 0 bridgehead atoms. The first-order valence-electron chi connectivity index (χ1n) is 10.1. The van der Waals surface area contributed by atoms with Gasteiger partial charge in [0.05, 0.1) is 18.9 Å². The summed E-state index contributed by atoms with van der Waals surface area (Å²) in [5.74, 6) is 1.39. The molecular formula is C21H24FN5O2. The number of anilines is 2. The average molecular weight is 397 g/mol. The number of benzene rings is 1. The number of hydrogen-bond donors (Lipinski definition) is 3. The van der Waals surface area contributed by atoms with E-state index in [1.54, 1.807) is 22.7 Å². The highest BCUT2D eigenvalue weighted by Gasteiger charge is 2.29. The average Bonchev–Trinajstić information content (AvgIpc) is 3.46. The maximum atomic E-state index is 13.6. The lowest BCUT2D eigenvalue weighted by Gasteiger charge is -2.28. The molecule has 1 aliphatic carbocycles. The second-order valence-electron chi connectivity index (χ2n) is 7.86. The second-order valence-corrected chi connectivity index (χ2v) is 7.86. The largest absolute Gasteiger partial charge is 0.477 e. The molecule has 152 valence electrons. The van der Waals surface area contributed by atoms with Gasteiger partial charge in [-0.05, 0) is 49.9 Å². The Labute approximate surface area is 167 Å². The summed E-state index contributed by atoms with van der Waals surface area (Å²) in [6.45, 7) is 1.86. The van der Waals surface area contributed by atoms with Gasteiger partial charge in [0.1, 0.15) is 11.6 Å². The molecule has 0 radical (unpaired) electrons. The number of aromatic nitrogens is 3. The van der Waals surface area contributed by atoms with Crippen LogP contribution in [0.2, 0.25) is 0 Å². The molecule has 3 heterocycles. The van der Waals surface area contributed by atoms with Crippen molar-refractivity contribution < 1.29 is 14.2 Å². The smallest absolute Gasteiger partial charge is 0.219 e. The lowest BCUT2D eigenvalue weighted by Crippen LogP contribution is -2.42. The van der Waals surface area contributed by atoms with Gasteiger partial charge in [0.25, 0.3) is 0 Å². The van der Waals surface area contributed by atoms with Gasteiger partial charge < -0.3 is 20.5 Å². The van der Waals surface area contributed by atoms with Crippen LogP contribution in [0.4, 0.5) is 15.9 Å². The number of nitrogens with zero attached hydrogens (tertiary/aromatic N) is 3. The number of ether oxygens (including phenoxy) is 1. The van der Waals surface area contributed by atoms with E-state index in [2.05, 4.69) is 15.7 Å². The molecule has 8 heteroatoms. The molecule has 29 heavy (non-hydrogen) atoms. The van der Waals surface area contributed by atoms with Crippen LogP contribution in [0.5, 0.6) is 5.88 Å². The molecule has 3 N–H and O–H groups in total. The first-order valence-corrected chi connectivity index (χ1v) is 10.1. The van der Waals surface area contributed by atoms with E-state index in [0.717, 1.165) is 37.0 Å². The standard InChI is InChI=1S/C21H24FN5O2/c22-15-2-1-3-16(8-15)25-19-9-20(29-12-14-6-7-23-11-18(14)28)26-21-17(13-4-5-13)10-24-27(19)21/h1-3,8-10,13-14,18,23,25,28H,4-7,11-12H2. The summed E-state index contributed by atoms with van der Waals surface area (Å²) in [5, 5.41) is 21.1. The fourth-order valence-electron chi connectivity index (χ4n) is 3.80. The molecule has 1 aliphatic heterocycles. The normalized spacial score (nSPS) is 22.0. The highest BCUT2D eigenvalue weighted by molar-refractivity contribution is 5.63. The first-order chi connectivity index (χ1) is 14.2. The second kappa shape index (κ2) is 7.61. The van der Waals surface area contributed by atoms with Gasteiger partial charge in [-0.1, -0.05) is 6.07 Å². The van der Waals surface area contributed by atoms with Crippen molar-refractivity contribution >= 4 is 17.2 Å². The number of aliphatic hydroxyl groups is 1. The summed E-state index contributed by atoms with van der Waals surface area (Å²) < 4.78 is 21.4. The van der Waals surface area contributed by atoms with Crippen molar-refractivity contribution in [1.82, 2.24) is 19.9 Å². The molecule has 2 aliphatic rings. The van der Waals surface area contributed by atoms with Gasteiger partial charge in [-0.15, -0.1) is 0 Å². The minimum atomic E-state index is -0.422. The third-order valence-electron chi connectivity index (χ3n) is 5.62. The molecule has 5 rings (SSSR count). The third kappa shape index (κ3) is 3.90. The van der Waals surface area contributed by atoms with E-state index < -0.39 is 6.10 Å². The number of aliphatic hydroxyl groups excluding tert-OH is 1. The maximum Gasteiger partial charge on any atom is 0.219 e. The Balaban J connectivity index is 1.46.